The number of hydrogen-bond donors (Lipinski definition) is 3. The number of benzene rings is 1. The van der Waals surface area contributed by atoms with Gasteiger partial charge in [0.15, 0.2) is 5.96 Å². The van der Waals surface area contributed by atoms with Gasteiger partial charge in [0, 0.05) is 38.4 Å². The first kappa shape index (κ1) is 27.6. The van der Waals surface area contributed by atoms with E-state index in [1.807, 2.05) is 38.1 Å². The van der Waals surface area contributed by atoms with Crippen LogP contribution in [0, 0.1) is 0 Å². The summed E-state index contributed by atoms with van der Waals surface area (Å²) in [6.07, 6.45) is 1.80. The number of halogens is 1. The van der Waals surface area contributed by atoms with Gasteiger partial charge in [-0.25, -0.2) is 4.99 Å². The molecular weight excluding hydrogens is 483 g/mol. The van der Waals surface area contributed by atoms with E-state index < -0.39 is 0 Å². The molecule has 0 saturated carbocycles. The number of aliphatic imine (C=N–C) groups is 1. The number of amides is 1. The normalized spacial score (nSPS) is 12.1. The van der Waals surface area contributed by atoms with Crippen molar-refractivity contribution >= 4 is 35.8 Å². The van der Waals surface area contributed by atoms with Crippen LogP contribution in [0.5, 0.6) is 0 Å². The molecular formula is C21H37IN4O3. The van der Waals surface area contributed by atoms with Crippen LogP contribution in [0.3, 0.4) is 0 Å². The van der Waals surface area contributed by atoms with Gasteiger partial charge < -0.3 is 25.4 Å². The minimum absolute atomic E-state index is 0. The van der Waals surface area contributed by atoms with Crippen LogP contribution < -0.4 is 16.0 Å². The predicted molar refractivity (Wildman–Crippen MR) is 129 cm³/mol. The van der Waals surface area contributed by atoms with E-state index in [2.05, 4.69) is 27.9 Å². The molecule has 0 fully saturated rings. The molecule has 7 nitrogen and oxygen atoms in total. The van der Waals surface area contributed by atoms with Gasteiger partial charge in [0.05, 0.1) is 19.8 Å². The average molecular weight is 520 g/mol. The lowest BCUT2D eigenvalue weighted by molar-refractivity contribution is 0.0698. The lowest BCUT2D eigenvalue weighted by Gasteiger charge is -2.13. The second kappa shape index (κ2) is 17.5. The lowest BCUT2D eigenvalue weighted by atomic mass is 10.1. The molecule has 3 N–H and O–H groups in total. The number of hydrogen-bond acceptors (Lipinski definition) is 4. The summed E-state index contributed by atoms with van der Waals surface area (Å²) in [5.41, 5.74) is 1.66. The molecule has 8 heteroatoms. The second-order valence-electron chi connectivity index (χ2n) is 6.56. The summed E-state index contributed by atoms with van der Waals surface area (Å²) in [6.45, 7) is 10.1. The summed E-state index contributed by atoms with van der Waals surface area (Å²) in [5.74, 6) is 0.715. The summed E-state index contributed by atoms with van der Waals surface area (Å²) in [5, 5.41) is 9.53. The van der Waals surface area contributed by atoms with Crippen LogP contribution in [-0.4, -0.2) is 57.9 Å². The molecule has 0 aromatic heterocycles. The number of guanidine groups is 1. The van der Waals surface area contributed by atoms with Crippen LogP contribution in [0.25, 0.3) is 0 Å². The first-order valence-corrected chi connectivity index (χ1v) is 10.1. The predicted octanol–water partition coefficient (Wildman–Crippen LogP) is 2.94. The van der Waals surface area contributed by atoms with Crippen LogP contribution in [0.2, 0.25) is 0 Å². The van der Waals surface area contributed by atoms with E-state index in [0.717, 1.165) is 37.5 Å². The molecule has 166 valence electrons. The molecule has 0 aliphatic carbocycles. The molecule has 0 heterocycles. The lowest BCUT2D eigenvalue weighted by Crippen LogP contribution is -2.38. The van der Waals surface area contributed by atoms with Crippen molar-refractivity contribution in [1.29, 1.82) is 0 Å². The van der Waals surface area contributed by atoms with E-state index in [0.29, 0.717) is 31.9 Å². The van der Waals surface area contributed by atoms with Crippen molar-refractivity contribution in [3.63, 3.8) is 0 Å². The quantitative estimate of drug-likeness (QED) is 0.161. The molecule has 0 aliphatic heterocycles. The smallest absolute Gasteiger partial charge is 0.251 e. The number of nitrogens with zero attached hydrogens (tertiary/aromatic N) is 1. The number of ether oxygens (including phenoxy) is 2. The molecule has 0 spiro atoms. The molecule has 29 heavy (non-hydrogen) atoms. The van der Waals surface area contributed by atoms with Gasteiger partial charge >= 0.3 is 0 Å². The van der Waals surface area contributed by atoms with Gasteiger partial charge in [-0.2, -0.15) is 0 Å². The fourth-order valence-electron chi connectivity index (χ4n) is 2.36. The Bertz CT molecular complexity index is 599. The van der Waals surface area contributed by atoms with Gasteiger partial charge in [0.2, 0.25) is 0 Å². The van der Waals surface area contributed by atoms with Crippen molar-refractivity contribution < 1.29 is 14.3 Å². The van der Waals surface area contributed by atoms with Crippen molar-refractivity contribution in [2.75, 3.05) is 40.0 Å². The summed E-state index contributed by atoms with van der Waals surface area (Å²) in [7, 11) is 1.66. The first-order chi connectivity index (χ1) is 13.6. The van der Waals surface area contributed by atoms with Crippen molar-refractivity contribution in [3.05, 3.63) is 35.4 Å². The monoisotopic (exact) mass is 520 g/mol. The van der Waals surface area contributed by atoms with Crippen molar-refractivity contribution in [2.45, 2.75) is 46.2 Å². The highest BCUT2D eigenvalue weighted by Gasteiger charge is 2.09. The SMILES string of the molecule is CCNC(=NCc1cccc(C(=O)NC(C)CC)c1)NCCCOCCOC.I. The second-order valence-corrected chi connectivity index (χ2v) is 6.56. The number of methoxy groups -OCH3 is 1. The topological polar surface area (TPSA) is 84.0 Å². The molecule has 0 radical (unpaired) electrons. The summed E-state index contributed by atoms with van der Waals surface area (Å²) >= 11 is 0. The van der Waals surface area contributed by atoms with Gasteiger partial charge in [0.1, 0.15) is 0 Å². The highest BCUT2D eigenvalue weighted by Crippen LogP contribution is 2.07. The van der Waals surface area contributed by atoms with Crippen molar-refractivity contribution in [1.82, 2.24) is 16.0 Å². The molecule has 1 amide bonds. The first-order valence-electron chi connectivity index (χ1n) is 10.1. The third kappa shape index (κ3) is 12.7. The number of rotatable bonds is 13. The number of carbonyl (C=O) groups is 1. The average Bonchev–Trinajstić information content (AvgIpc) is 2.71. The molecule has 1 atom stereocenters. The van der Waals surface area contributed by atoms with Crippen LogP contribution >= 0.6 is 24.0 Å². The zero-order chi connectivity index (χ0) is 20.6. The molecule has 1 aromatic rings. The molecule has 0 bridgehead atoms. The third-order valence-corrected chi connectivity index (χ3v) is 4.13. The van der Waals surface area contributed by atoms with Crippen LogP contribution in [0.15, 0.2) is 29.3 Å². The Morgan fingerprint density at radius 2 is 1.97 bits per heavy atom. The Labute approximate surface area is 192 Å². The highest BCUT2D eigenvalue weighted by atomic mass is 127. The molecule has 1 aromatic carbocycles. The van der Waals surface area contributed by atoms with Crippen LogP contribution in [0.1, 0.15) is 49.5 Å². The maximum Gasteiger partial charge on any atom is 0.251 e. The Morgan fingerprint density at radius 1 is 1.17 bits per heavy atom. The molecule has 0 saturated heterocycles. The zero-order valence-electron chi connectivity index (χ0n) is 18.1. The highest BCUT2D eigenvalue weighted by molar-refractivity contribution is 14.0. The van der Waals surface area contributed by atoms with E-state index in [9.17, 15) is 4.79 Å². The van der Waals surface area contributed by atoms with Gasteiger partial charge in [-0.15, -0.1) is 24.0 Å². The summed E-state index contributed by atoms with van der Waals surface area (Å²) in [6, 6.07) is 7.77. The number of carbonyl (C=O) groups excluding carboxylic acids is 1. The standard InChI is InChI=1S/C21H36N4O3.HI/c1-5-17(3)25-20(26)19-10-7-9-18(15-19)16-24-21(22-6-2)23-11-8-12-28-14-13-27-4;/h7,9-10,15,17H,5-6,8,11-14,16H2,1-4H3,(H,25,26)(H2,22,23,24);1H. The zero-order valence-corrected chi connectivity index (χ0v) is 20.5. The third-order valence-electron chi connectivity index (χ3n) is 4.13. The van der Waals surface area contributed by atoms with Crippen molar-refractivity contribution in [2.24, 2.45) is 4.99 Å². The Hall–Kier alpha value is -1.39. The van der Waals surface area contributed by atoms with Crippen LogP contribution in [0.4, 0.5) is 0 Å². The van der Waals surface area contributed by atoms with Gasteiger partial charge in [0.25, 0.3) is 5.91 Å². The minimum atomic E-state index is -0.0429. The molecule has 0 aliphatic rings. The number of nitrogens with one attached hydrogen (secondary N) is 3. The molecule has 1 unspecified atom stereocenters. The van der Waals surface area contributed by atoms with E-state index in [-0.39, 0.29) is 35.9 Å². The van der Waals surface area contributed by atoms with Gasteiger partial charge in [-0.3, -0.25) is 4.79 Å². The fraction of sp³-hybridized carbons (Fsp3) is 0.619. The Kier molecular flexibility index (Phi) is 16.6. The van der Waals surface area contributed by atoms with E-state index in [1.54, 1.807) is 7.11 Å². The van der Waals surface area contributed by atoms with E-state index >= 15 is 0 Å². The van der Waals surface area contributed by atoms with Gasteiger partial charge in [-0.1, -0.05) is 19.1 Å². The summed E-state index contributed by atoms with van der Waals surface area (Å²) < 4.78 is 10.4. The fourth-order valence-corrected chi connectivity index (χ4v) is 2.36. The Balaban J connectivity index is 0.00000784. The van der Waals surface area contributed by atoms with Gasteiger partial charge in [-0.05, 0) is 44.4 Å². The van der Waals surface area contributed by atoms with E-state index in [1.165, 1.54) is 0 Å². The largest absolute Gasteiger partial charge is 0.382 e. The Morgan fingerprint density at radius 3 is 2.66 bits per heavy atom. The van der Waals surface area contributed by atoms with Crippen molar-refractivity contribution in [3.8, 4) is 0 Å². The maximum atomic E-state index is 12.3. The minimum Gasteiger partial charge on any atom is -0.382 e. The van der Waals surface area contributed by atoms with E-state index in [4.69, 9.17) is 9.47 Å². The molecule has 1 rings (SSSR count). The van der Waals surface area contributed by atoms with Crippen LogP contribution in [-0.2, 0) is 16.0 Å². The maximum absolute atomic E-state index is 12.3. The summed E-state index contributed by atoms with van der Waals surface area (Å²) in [4.78, 5) is 16.9.